The van der Waals surface area contributed by atoms with Crippen LogP contribution in [0.15, 0.2) is 35.4 Å². The number of sulfonamides is 1. The van der Waals surface area contributed by atoms with Crippen molar-refractivity contribution in [2.24, 2.45) is 0 Å². The topological polar surface area (TPSA) is 103 Å². The second-order valence-electron chi connectivity index (χ2n) is 4.59. The molecule has 0 aromatic carbocycles. The Balaban J connectivity index is 2.23. The Hall–Kier alpha value is -2.19. The van der Waals surface area contributed by atoms with Gasteiger partial charge in [-0.25, -0.2) is 13.2 Å². The number of carboxylic acid groups (broad SMARTS) is 1. The van der Waals surface area contributed by atoms with Crippen molar-refractivity contribution >= 4 is 16.0 Å². The summed E-state index contributed by atoms with van der Waals surface area (Å²) in [6.07, 6.45) is 1.17. The molecule has 2 rings (SSSR count). The number of hydrogen-bond donors (Lipinski definition) is 2. The molecule has 2 aromatic heterocycles. The molecule has 0 saturated heterocycles. The van der Waals surface area contributed by atoms with Gasteiger partial charge in [0.2, 0.25) is 10.0 Å². The average Bonchev–Trinajstić information content (AvgIpc) is 2.89. The van der Waals surface area contributed by atoms with Gasteiger partial charge < -0.3 is 10.1 Å². The second kappa shape index (κ2) is 5.66. The highest BCUT2D eigenvalue weighted by molar-refractivity contribution is 7.89. The van der Waals surface area contributed by atoms with E-state index in [1.54, 1.807) is 12.1 Å². The van der Waals surface area contributed by atoms with Gasteiger partial charge in [-0.15, -0.1) is 0 Å². The van der Waals surface area contributed by atoms with Gasteiger partial charge in [-0.3, -0.25) is 4.98 Å². The van der Waals surface area contributed by atoms with E-state index in [2.05, 4.69) is 9.97 Å². The fourth-order valence-corrected chi connectivity index (χ4v) is 2.96. The molecule has 2 N–H and O–H groups in total. The lowest BCUT2D eigenvalue weighted by atomic mass is 10.3. The van der Waals surface area contributed by atoms with E-state index in [1.165, 1.54) is 13.2 Å². The van der Waals surface area contributed by atoms with Crippen LogP contribution in [0.2, 0.25) is 0 Å². The third-order valence-electron chi connectivity index (χ3n) is 2.93. The molecule has 0 radical (unpaired) electrons. The zero-order chi connectivity index (χ0) is 15.6. The molecule has 0 amide bonds. The highest BCUT2D eigenvalue weighted by Gasteiger charge is 2.23. The van der Waals surface area contributed by atoms with Crippen molar-refractivity contribution in [2.45, 2.75) is 18.4 Å². The van der Waals surface area contributed by atoms with Crippen molar-refractivity contribution < 1.29 is 18.3 Å². The highest BCUT2D eigenvalue weighted by Crippen LogP contribution is 2.17. The summed E-state index contributed by atoms with van der Waals surface area (Å²) in [5.74, 6) is -1.21. The summed E-state index contributed by atoms with van der Waals surface area (Å²) in [5, 5.41) is 8.82. The lowest BCUT2D eigenvalue weighted by molar-refractivity contribution is 0.0691. The van der Waals surface area contributed by atoms with Gasteiger partial charge in [0.1, 0.15) is 10.6 Å². The molecule has 0 atom stereocenters. The van der Waals surface area contributed by atoms with E-state index in [0.29, 0.717) is 5.69 Å². The molecule has 2 aromatic rings. The minimum absolute atomic E-state index is 0.0879. The minimum atomic E-state index is -3.76. The van der Waals surface area contributed by atoms with Crippen LogP contribution in [0.3, 0.4) is 0 Å². The third-order valence-corrected chi connectivity index (χ3v) is 4.71. The first-order valence-electron chi connectivity index (χ1n) is 6.11. The van der Waals surface area contributed by atoms with Crippen molar-refractivity contribution in [3.8, 4) is 0 Å². The van der Waals surface area contributed by atoms with Crippen molar-refractivity contribution in [1.82, 2.24) is 14.3 Å². The number of aryl methyl sites for hydroxylation is 1. The zero-order valence-electron chi connectivity index (χ0n) is 11.6. The van der Waals surface area contributed by atoms with Gasteiger partial charge in [0.05, 0.1) is 12.2 Å². The Kier molecular flexibility index (Phi) is 4.10. The van der Waals surface area contributed by atoms with Crippen LogP contribution >= 0.6 is 0 Å². The molecule has 8 heteroatoms. The van der Waals surface area contributed by atoms with Crippen molar-refractivity contribution in [2.75, 3.05) is 7.05 Å². The monoisotopic (exact) mass is 309 g/mol. The minimum Gasteiger partial charge on any atom is -0.477 e. The van der Waals surface area contributed by atoms with Crippen LogP contribution in [-0.2, 0) is 16.6 Å². The maximum atomic E-state index is 12.3. The number of hydrogen-bond acceptors (Lipinski definition) is 4. The number of carboxylic acids is 1. The first kappa shape index (κ1) is 15.2. The Morgan fingerprint density at radius 2 is 2.14 bits per heavy atom. The van der Waals surface area contributed by atoms with Gasteiger partial charge in [-0.2, -0.15) is 4.31 Å². The van der Waals surface area contributed by atoms with Crippen molar-refractivity contribution in [1.29, 1.82) is 0 Å². The Labute approximate surface area is 122 Å². The van der Waals surface area contributed by atoms with E-state index in [1.807, 2.05) is 13.0 Å². The van der Waals surface area contributed by atoms with E-state index in [4.69, 9.17) is 5.11 Å². The molecule has 0 unspecified atom stereocenters. The van der Waals surface area contributed by atoms with Crippen molar-refractivity contribution in [3.05, 3.63) is 47.5 Å². The summed E-state index contributed by atoms with van der Waals surface area (Å²) >= 11 is 0. The summed E-state index contributed by atoms with van der Waals surface area (Å²) in [6.45, 7) is 1.93. The van der Waals surface area contributed by atoms with Crippen molar-refractivity contribution in [3.63, 3.8) is 0 Å². The SMILES string of the molecule is Cc1cccc(CN(C)S(=O)(=O)c2c[nH]c(C(=O)O)c2)n1. The van der Waals surface area contributed by atoms with Gasteiger partial charge in [0, 0.05) is 18.9 Å². The van der Waals surface area contributed by atoms with Gasteiger partial charge in [0.25, 0.3) is 0 Å². The number of aromatic nitrogens is 2. The van der Waals surface area contributed by atoms with E-state index in [9.17, 15) is 13.2 Å². The molecule has 7 nitrogen and oxygen atoms in total. The molecule has 0 saturated carbocycles. The fraction of sp³-hybridized carbons (Fsp3) is 0.231. The standard InChI is InChI=1S/C13H15N3O4S/c1-9-4-3-5-10(15-9)8-16(2)21(19,20)11-6-12(13(17)18)14-7-11/h3-7,14H,8H2,1-2H3,(H,17,18). The smallest absolute Gasteiger partial charge is 0.352 e. The fourth-order valence-electron chi connectivity index (χ4n) is 1.83. The van der Waals surface area contributed by atoms with E-state index >= 15 is 0 Å². The predicted molar refractivity (Wildman–Crippen MR) is 75.4 cm³/mol. The summed E-state index contributed by atoms with van der Waals surface area (Å²) in [4.78, 5) is 17.4. The van der Waals surface area contributed by atoms with Gasteiger partial charge >= 0.3 is 5.97 Å². The summed E-state index contributed by atoms with van der Waals surface area (Å²) in [7, 11) is -2.34. The lowest BCUT2D eigenvalue weighted by Gasteiger charge is -2.15. The molecule has 0 fully saturated rings. The molecule has 0 bridgehead atoms. The number of H-pyrrole nitrogens is 1. The molecule has 112 valence electrons. The molecule has 21 heavy (non-hydrogen) atoms. The van der Waals surface area contributed by atoms with Gasteiger partial charge in [-0.1, -0.05) is 6.07 Å². The largest absolute Gasteiger partial charge is 0.477 e. The lowest BCUT2D eigenvalue weighted by Crippen LogP contribution is -2.26. The van der Waals surface area contributed by atoms with E-state index < -0.39 is 16.0 Å². The zero-order valence-corrected chi connectivity index (χ0v) is 12.4. The summed E-state index contributed by atoms with van der Waals surface area (Å²) < 4.78 is 25.8. The number of nitrogens with one attached hydrogen (secondary N) is 1. The average molecular weight is 309 g/mol. The Morgan fingerprint density at radius 1 is 1.43 bits per heavy atom. The first-order chi connectivity index (χ1) is 9.80. The van der Waals surface area contributed by atoms with Crippen LogP contribution in [-0.4, -0.2) is 40.8 Å². The number of aromatic carboxylic acids is 1. The highest BCUT2D eigenvalue weighted by atomic mass is 32.2. The second-order valence-corrected chi connectivity index (χ2v) is 6.63. The van der Waals surface area contributed by atoms with Crippen LogP contribution in [0.1, 0.15) is 21.9 Å². The van der Waals surface area contributed by atoms with Crippen LogP contribution in [0, 0.1) is 6.92 Å². The molecular formula is C13H15N3O4S. The maximum Gasteiger partial charge on any atom is 0.352 e. The quantitative estimate of drug-likeness (QED) is 0.864. The van der Waals surface area contributed by atoms with Gasteiger partial charge in [-0.05, 0) is 25.1 Å². The summed E-state index contributed by atoms with van der Waals surface area (Å²) in [5.41, 5.74) is 1.25. The summed E-state index contributed by atoms with van der Waals surface area (Å²) in [6, 6.07) is 6.46. The number of pyridine rings is 1. The molecule has 0 aliphatic carbocycles. The van der Waals surface area contributed by atoms with Crippen LogP contribution in [0.25, 0.3) is 0 Å². The Bertz CT molecular complexity index is 767. The van der Waals surface area contributed by atoms with Gasteiger partial charge in [0.15, 0.2) is 0 Å². The maximum absolute atomic E-state index is 12.3. The number of carbonyl (C=O) groups is 1. The molecule has 0 aliphatic rings. The number of nitrogens with zero attached hydrogens (tertiary/aromatic N) is 2. The first-order valence-corrected chi connectivity index (χ1v) is 7.55. The third kappa shape index (κ3) is 3.29. The molecule has 0 spiro atoms. The van der Waals surface area contributed by atoms with Crippen LogP contribution in [0.4, 0.5) is 0 Å². The van der Waals surface area contributed by atoms with Crippen LogP contribution < -0.4 is 0 Å². The molecule has 2 heterocycles. The normalized spacial score (nSPS) is 11.8. The van der Waals surface area contributed by atoms with Crippen LogP contribution in [0.5, 0.6) is 0 Å². The van der Waals surface area contributed by atoms with E-state index in [0.717, 1.165) is 16.1 Å². The number of rotatable bonds is 5. The number of aromatic amines is 1. The molecular weight excluding hydrogens is 294 g/mol. The predicted octanol–water partition coefficient (Wildman–Crippen LogP) is 1.24. The van der Waals surface area contributed by atoms with E-state index in [-0.39, 0.29) is 17.1 Å². The molecule has 0 aliphatic heterocycles. The Morgan fingerprint density at radius 3 is 2.71 bits per heavy atom.